The molecule has 0 fully saturated rings. The largest absolute Gasteiger partial charge is 0.497 e. The Morgan fingerprint density at radius 1 is 1.31 bits per heavy atom. The number of benzene rings is 1. The lowest BCUT2D eigenvalue weighted by Gasteiger charge is -2.06. The predicted molar refractivity (Wildman–Crippen MR) is 63.0 cm³/mol. The lowest BCUT2D eigenvalue weighted by Crippen LogP contribution is -1.97. The van der Waals surface area contributed by atoms with Gasteiger partial charge in [-0.3, -0.25) is 9.78 Å². The molecule has 0 saturated carbocycles. The average Bonchev–Trinajstić information content (AvgIpc) is 2.26. The van der Waals surface area contributed by atoms with Gasteiger partial charge in [0.05, 0.1) is 12.6 Å². The monoisotopic (exact) mass is 215 g/mol. The molecule has 0 aliphatic heterocycles. The van der Waals surface area contributed by atoms with Crippen LogP contribution >= 0.6 is 0 Å². The average molecular weight is 215 g/mol. The first-order valence-electron chi connectivity index (χ1n) is 5.08. The SMILES string of the molecule is COc1ccc2c(C(C)=O)cc(C)nc2c1. The van der Waals surface area contributed by atoms with Crippen LogP contribution in [0, 0.1) is 6.92 Å². The zero-order valence-electron chi connectivity index (χ0n) is 9.57. The van der Waals surface area contributed by atoms with Gasteiger partial charge < -0.3 is 4.74 Å². The Bertz CT molecular complexity index is 561. The number of nitrogens with zero attached hydrogens (tertiary/aromatic N) is 1. The number of Topliss-reactive ketones (excluding diaryl/α,β-unsaturated/α-hetero) is 1. The standard InChI is InChI=1S/C13H13NO2/c1-8-6-12(9(2)15)11-5-4-10(16-3)7-13(11)14-8/h4-7H,1-3H3. The van der Waals surface area contributed by atoms with Crippen molar-refractivity contribution in [2.75, 3.05) is 7.11 Å². The molecular weight excluding hydrogens is 202 g/mol. The van der Waals surface area contributed by atoms with Crippen molar-refractivity contribution in [3.8, 4) is 5.75 Å². The summed E-state index contributed by atoms with van der Waals surface area (Å²) < 4.78 is 5.14. The minimum absolute atomic E-state index is 0.0562. The van der Waals surface area contributed by atoms with E-state index >= 15 is 0 Å². The molecule has 82 valence electrons. The molecule has 0 spiro atoms. The van der Waals surface area contributed by atoms with Crippen LogP contribution in [0.1, 0.15) is 23.0 Å². The molecule has 1 aromatic heterocycles. The number of hydrogen-bond donors (Lipinski definition) is 0. The van der Waals surface area contributed by atoms with Crippen molar-refractivity contribution in [3.05, 3.63) is 35.5 Å². The van der Waals surface area contributed by atoms with Gasteiger partial charge in [-0.15, -0.1) is 0 Å². The van der Waals surface area contributed by atoms with Crippen molar-refractivity contribution in [1.82, 2.24) is 4.98 Å². The van der Waals surface area contributed by atoms with Crippen LogP contribution in [-0.2, 0) is 0 Å². The Labute approximate surface area is 94.1 Å². The molecule has 0 atom stereocenters. The van der Waals surface area contributed by atoms with Gasteiger partial charge in [-0.1, -0.05) is 0 Å². The van der Waals surface area contributed by atoms with Crippen LogP contribution in [0.3, 0.4) is 0 Å². The molecule has 2 aromatic rings. The molecule has 0 aliphatic rings. The third kappa shape index (κ3) is 1.76. The molecule has 2 rings (SSSR count). The number of aryl methyl sites for hydroxylation is 1. The molecule has 0 saturated heterocycles. The predicted octanol–water partition coefficient (Wildman–Crippen LogP) is 2.75. The van der Waals surface area contributed by atoms with Gasteiger partial charge in [0.2, 0.25) is 0 Å². The fourth-order valence-corrected chi connectivity index (χ4v) is 1.76. The summed E-state index contributed by atoms with van der Waals surface area (Å²) >= 11 is 0. The summed E-state index contributed by atoms with van der Waals surface area (Å²) in [6.07, 6.45) is 0. The number of ketones is 1. The molecule has 0 N–H and O–H groups in total. The number of carbonyl (C=O) groups is 1. The van der Waals surface area contributed by atoms with Crippen molar-refractivity contribution in [2.24, 2.45) is 0 Å². The number of aromatic nitrogens is 1. The zero-order valence-corrected chi connectivity index (χ0v) is 9.57. The fraction of sp³-hybridized carbons (Fsp3) is 0.231. The maximum Gasteiger partial charge on any atom is 0.160 e. The first kappa shape index (κ1) is 10.6. The molecule has 1 aromatic carbocycles. The quantitative estimate of drug-likeness (QED) is 0.723. The third-order valence-electron chi connectivity index (χ3n) is 2.52. The molecule has 16 heavy (non-hydrogen) atoms. The molecule has 0 amide bonds. The highest BCUT2D eigenvalue weighted by molar-refractivity contribution is 6.06. The van der Waals surface area contributed by atoms with Crippen molar-refractivity contribution in [3.63, 3.8) is 0 Å². The van der Waals surface area contributed by atoms with E-state index in [2.05, 4.69) is 4.98 Å². The maximum absolute atomic E-state index is 11.5. The summed E-state index contributed by atoms with van der Waals surface area (Å²) in [7, 11) is 1.61. The van der Waals surface area contributed by atoms with Crippen LogP contribution in [0.2, 0.25) is 0 Å². The lowest BCUT2D eigenvalue weighted by molar-refractivity contribution is 0.101. The van der Waals surface area contributed by atoms with Gasteiger partial charge in [-0.2, -0.15) is 0 Å². The molecule has 0 aliphatic carbocycles. The number of ether oxygens (including phenoxy) is 1. The van der Waals surface area contributed by atoms with Gasteiger partial charge >= 0.3 is 0 Å². The van der Waals surface area contributed by atoms with Gasteiger partial charge in [-0.25, -0.2) is 0 Å². The summed E-state index contributed by atoms with van der Waals surface area (Å²) in [6.45, 7) is 3.45. The highest BCUT2D eigenvalue weighted by Gasteiger charge is 2.08. The van der Waals surface area contributed by atoms with Gasteiger partial charge in [0.15, 0.2) is 5.78 Å². The molecule has 0 radical (unpaired) electrons. The summed E-state index contributed by atoms with van der Waals surface area (Å²) in [4.78, 5) is 15.9. The van der Waals surface area contributed by atoms with Gasteiger partial charge in [-0.05, 0) is 32.0 Å². The number of fused-ring (bicyclic) bond motifs is 1. The van der Waals surface area contributed by atoms with Crippen LogP contribution < -0.4 is 4.74 Å². The Hall–Kier alpha value is -1.90. The van der Waals surface area contributed by atoms with Crippen LogP contribution in [0.5, 0.6) is 5.75 Å². The second kappa shape index (κ2) is 3.93. The number of hydrogen-bond acceptors (Lipinski definition) is 3. The number of pyridine rings is 1. The Morgan fingerprint density at radius 2 is 2.06 bits per heavy atom. The van der Waals surface area contributed by atoms with E-state index in [1.807, 2.05) is 31.2 Å². The van der Waals surface area contributed by atoms with Crippen LogP contribution in [-0.4, -0.2) is 17.9 Å². The number of carbonyl (C=O) groups excluding carboxylic acids is 1. The minimum Gasteiger partial charge on any atom is -0.497 e. The zero-order chi connectivity index (χ0) is 11.7. The second-order valence-corrected chi connectivity index (χ2v) is 3.75. The second-order valence-electron chi connectivity index (χ2n) is 3.75. The molecule has 0 bridgehead atoms. The van der Waals surface area contributed by atoms with E-state index in [0.29, 0.717) is 5.56 Å². The summed E-state index contributed by atoms with van der Waals surface area (Å²) in [5.41, 5.74) is 2.35. The smallest absolute Gasteiger partial charge is 0.160 e. The molecular formula is C13H13NO2. The van der Waals surface area contributed by atoms with E-state index in [1.165, 1.54) is 0 Å². The van der Waals surface area contributed by atoms with Crippen LogP contribution in [0.4, 0.5) is 0 Å². The van der Waals surface area contributed by atoms with Crippen LogP contribution in [0.15, 0.2) is 24.3 Å². The van der Waals surface area contributed by atoms with E-state index in [-0.39, 0.29) is 5.78 Å². The van der Waals surface area contributed by atoms with Crippen LogP contribution in [0.25, 0.3) is 10.9 Å². The topological polar surface area (TPSA) is 39.2 Å². The summed E-state index contributed by atoms with van der Waals surface area (Å²) in [5, 5.41) is 0.874. The lowest BCUT2D eigenvalue weighted by atomic mass is 10.0. The Balaban J connectivity index is 2.78. The first-order valence-corrected chi connectivity index (χ1v) is 5.08. The van der Waals surface area contributed by atoms with Crippen molar-refractivity contribution in [2.45, 2.75) is 13.8 Å². The molecule has 0 unspecified atom stereocenters. The number of methoxy groups -OCH3 is 1. The van der Waals surface area contributed by atoms with E-state index < -0.39 is 0 Å². The van der Waals surface area contributed by atoms with E-state index in [1.54, 1.807) is 14.0 Å². The highest BCUT2D eigenvalue weighted by Crippen LogP contribution is 2.23. The molecule has 3 nitrogen and oxygen atoms in total. The molecule has 3 heteroatoms. The fourth-order valence-electron chi connectivity index (χ4n) is 1.76. The van der Waals surface area contributed by atoms with Crippen molar-refractivity contribution in [1.29, 1.82) is 0 Å². The van der Waals surface area contributed by atoms with E-state index in [4.69, 9.17) is 4.74 Å². The normalized spacial score (nSPS) is 10.4. The number of rotatable bonds is 2. The Kier molecular flexibility index (Phi) is 2.60. The van der Waals surface area contributed by atoms with Gasteiger partial charge in [0.25, 0.3) is 0 Å². The first-order chi connectivity index (χ1) is 7.61. The van der Waals surface area contributed by atoms with Crippen molar-refractivity contribution >= 4 is 16.7 Å². The van der Waals surface area contributed by atoms with Gasteiger partial charge in [0.1, 0.15) is 5.75 Å². The highest BCUT2D eigenvalue weighted by atomic mass is 16.5. The maximum atomic E-state index is 11.5. The van der Waals surface area contributed by atoms with E-state index in [9.17, 15) is 4.79 Å². The van der Waals surface area contributed by atoms with E-state index in [0.717, 1.165) is 22.3 Å². The summed E-state index contributed by atoms with van der Waals surface area (Å²) in [6, 6.07) is 7.37. The summed E-state index contributed by atoms with van der Waals surface area (Å²) in [5.74, 6) is 0.806. The van der Waals surface area contributed by atoms with Gasteiger partial charge in [0, 0.05) is 22.7 Å². The Morgan fingerprint density at radius 3 is 2.69 bits per heavy atom. The minimum atomic E-state index is 0.0562. The third-order valence-corrected chi connectivity index (χ3v) is 2.52. The molecule has 1 heterocycles. The van der Waals surface area contributed by atoms with Crippen molar-refractivity contribution < 1.29 is 9.53 Å².